The van der Waals surface area contributed by atoms with Crippen molar-refractivity contribution in [1.29, 1.82) is 0 Å². The number of aromatic nitrogens is 2. The van der Waals surface area contributed by atoms with Gasteiger partial charge in [-0.2, -0.15) is 5.10 Å². The Hall–Kier alpha value is -1.56. The Morgan fingerprint density at radius 3 is 2.67 bits per heavy atom. The van der Waals surface area contributed by atoms with Gasteiger partial charge in [0, 0.05) is 18.5 Å². The third-order valence-electron chi connectivity index (χ3n) is 3.71. The van der Waals surface area contributed by atoms with Crippen molar-refractivity contribution >= 4 is 11.6 Å². The molecule has 1 fully saturated rings. The molecule has 1 aliphatic rings. The highest BCUT2D eigenvalue weighted by Crippen LogP contribution is 2.42. The van der Waals surface area contributed by atoms with E-state index in [2.05, 4.69) is 34.3 Å². The van der Waals surface area contributed by atoms with Gasteiger partial charge in [0.1, 0.15) is 0 Å². The number of hydrogen-bond acceptors (Lipinski definition) is 4. The third kappa shape index (κ3) is 4.20. The van der Waals surface area contributed by atoms with Crippen molar-refractivity contribution in [3.8, 4) is 0 Å². The highest BCUT2D eigenvalue weighted by Gasteiger charge is 2.30. The molecule has 1 aromatic rings. The topological polar surface area (TPSA) is 87.0 Å². The lowest BCUT2D eigenvalue weighted by Gasteiger charge is -2.23. The number of rotatable bonds is 7. The smallest absolute Gasteiger partial charge is 0.274 e. The fourth-order valence-corrected chi connectivity index (χ4v) is 2.66. The lowest BCUT2D eigenvalue weighted by molar-refractivity contribution is 0.0920. The van der Waals surface area contributed by atoms with Crippen LogP contribution >= 0.6 is 0 Å². The number of amides is 1. The summed E-state index contributed by atoms with van der Waals surface area (Å²) in [4.78, 5) is 14.5. The average Bonchev–Trinajstić information content (AvgIpc) is 3.11. The molecule has 118 valence electrons. The highest BCUT2D eigenvalue weighted by molar-refractivity contribution is 5.97. The molecular weight excluding hydrogens is 266 g/mol. The molecule has 21 heavy (non-hydrogen) atoms. The van der Waals surface area contributed by atoms with Crippen molar-refractivity contribution < 1.29 is 4.79 Å². The molecular formula is C15H27N5O. The van der Waals surface area contributed by atoms with E-state index < -0.39 is 0 Å². The van der Waals surface area contributed by atoms with Crippen LogP contribution in [0.25, 0.3) is 0 Å². The molecule has 0 saturated heterocycles. The lowest BCUT2D eigenvalue weighted by atomic mass is 10.0. The number of carbonyl (C=O) groups is 1. The number of hydrogen-bond donors (Lipinski definition) is 3. The first kappa shape index (κ1) is 15.8. The molecule has 1 unspecified atom stereocenters. The Bertz CT molecular complexity index is 480. The Morgan fingerprint density at radius 1 is 1.48 bits per heavy atom. The zero-order chi connectivity index (χ0) is 15.6. The van der Waals surface area contributed by atoms with Gasteiger partial charge in [-0.25, -0.2) is 0 Å². The fourth-order valence-electron chi connectivity index (χ4n) is 2.66. The standard InChI is InChI=1S/C15H27N5O/c1-9(2)7-11(8-20(3)4)17-15(21)14-12(16)13(18-19-14)10-5-6-10/h9-11H,5-8,16H2,1-4H3,(H,17,21)(H,18,19). The molecule has 1 amide bonds. The van der Waals surface area contributed by atoms with Crippen molar-refractivity contribution in [1.82, 2.24) is 20.4 Å². The molecule has 1 aliphatic carbocycles. The van der Waals surface area contributed by atoms with Crippen molar-refractivity contribution in [2.75, 3.05) is 26.4 Å². The van der Waals surface area contributed by atoms with E-state index in [1.807, 2.05) is 14.1 Å². The van der Waals surface area contributed by atoms with E-state index in [-0.39, 0.29) is 11.9 Å². The van der Waals surface area contributed by atoms with Gasteiger partial charge in [-0.15, -0.1) is 0 Å². The first-order chi connectivity index (χ1) is 9.88. The predicted octanol–water partition coefficient (Wildman–Crippen LogP) is 1.58. The van der Waals surface area contributed by atoms with E-state index in [1.165, 1.54) is 0 Å². The number of likely N-dealkylation sites (N-methyl/N-ethyl adjacent to an activating group) is 1. The van der Waals surface area contributed by atoms with E-state index in [4.69, 9.17) is 5.73 Å². The van der Waals surface area contributed by atoms with Crippen LogP contribution < -0.4 is 11.1 Å². The van der Waals surface area contributed by atoms with Crippen LogP contribution in [0, 0.1) is 5.92 Å². The Balaban J connectivity index is 2.03. The molecule has 6 nitrogen and oxygen atoms in total. The molecule has 0 aromatic carbocycles. The van der Waals surface area contributed by atoms with Gasteiger partial charge in [0.15, 0.2) is 5.69 Å². The minimum Gasteiger partial charge on any atom is -0.395 e. The quantitative estimate of drug-likeness (QED) is 0.712. The van der Waals surface area contributed by atoms with E-state index >= 15 is 0 Å². The molecule has 2 rings (SSSR count). The highest BCUT2D eigenvalue weighted by atomic mass is 16.2. The van der Waals surface area contributed by atoms with Gasteiger partial charge < -0.3 is 16.0 Å². The van der Waals surface area contributed by atoms with Crippen LogP contribution in [0.5, 0.6) is 0 Å². The summed E-state index contributed by atoms with van der Waals surface area (Å²) in [6.07, 6.45) is 3.19. The minimum atomic E-state index is -0.178. The summed E-state index contributed by atoms with van der Waals surface area (Å²) in [5.74, 6) is 0.809. The van der Waals surface area contributed by atoms with Crippen molar-refractivity contribution in [2.24, 2.45) is 5.92 Å². The van der Waals surface area contributed by atoms with Crippen LogP contribution in [0.1, 0.15) is 55.2 Å². The second-order valence-electron chi connectivity index (χ2n) is 6.74. The number of nitrogens with zero attached hydrogens (tertiary/aromatic N) is 2. The SMILES string of the molecule is CC(C)CC(CN(C)C)NC(=O)c1n[nH]c(C2CC2)c1N. The molecule has 0 spiro atoms. The van der Waals surface area contributed by atoms with Gasteiger partial charge in [-0.3, -0.25) is 9.89 Å². The summed E-state index contributed by atoms with van der Waals surface area (Å²) in [6.45, 7) is 5.12. The van der Waals surface area contributed by atoms with Crippen molar-refractivity contribution in [3.63, 3.8) is 0 Å². The maximum absolute atomic E-state index is 12.4. The molecule has 1 aromatic heterocycles. The molecule has 0 aliphatic heterocycles. The maximum Gasteiger partial charge on any atom is 0.274 e. The fraction of sp³-hybridized carbons (Fsp3) is 0.733. The van der Waals surface area contributed by atoms with Crippen LogP contribution in [0.4, 0.5) is 5.69 Å². The second-order valence-corrected chi connectivity index (χ2v) is 6.74. The van der Waals surface area contributed by atoms with Crippen LogP contribution in [0.2, 0.25) is 0 Å². The van der Waals surface area contributed by atoms with Gasteiger partial charge in [0.2, 0.25) is 0 Å². The summed E-state index contributed by atoms with van der Waals surface area (Å²) in [7, 11) is 4.02. The largest absolute Gasteiger partial charge is 0.395 e. The van der Waals surface area contributed by atoms with Crippen LogP contribution in [-0.4, -0.2) is 47.7 Å². The number of nitrogen functional groups attached to an aromatic ring is 1. The number of H-pyrrole nitrogens is 1. The Kier molecular flexibility index (Phi) is 4.88. The second kappa shape index (κ2) is 6.47. The predicted molar refractivity (Wildman–Crippen MR) is 84.2 cm³/mol. The Labute approximate surface area is 126 Å². The molecule has 1 saturated carbocycles. The molecule has 4 N–H and O–H groups in total. The number of anilines is 1. The number of nitrogens with one attached hydrogen (secondary N) is 2. The average molecular weight is 293 g/mol. The zero-order valence-corrected chi connectivity index (χ0v) is 13.4. The van der Waals surface area contributed by atoms with Gasteiger partial charge >= 0.3 is 0 Å². The summed E-state index contributed by atoms with van der Waals surface area (Å²) >= 11 is 0. The maximum atomic E-state index is 12.4. The van der Waals surface area contributed by atoms with Crippen LogP contribution in [-0.2, 0) is 0 Å². The third-order valence-corrected chi connectivity index (χ3v) is 3.71. The van der Waals surface area contributed by atoms with E-state index in [1.54, 1.807) is 0 Å². The van der Waals surface area contributed by atoms with Gasteiger partial charge in [0.25, 0.3) is 5.91 Å². The van der Waals surface area contributed by atoms with Crippen LogP contribution in [0.3, 0.4) is 0 Å². The van der Waals surface area contributed by atoms with Crippen molar-refractivity contribution in [3.05, 3.63) is 11.4 Å². The summed E-state index contributed by atoms with van der Waals surface area (Å²) in [5.41, 5.74) is 7.84. The number of nitrogens with two attached hydrogens (primary N) is 1. The van der Waals surface area contributed by atoms with Gasteiger partial charge in [-0.05, 0) is 39.3 Å². The first-order valence-corrected chi connectivity index (χ1v) is 7.67. The Morgan fingerprint density at radius 2 is 2.14 bits per heavy atom. The molecule has 1 atom stereocenters. The van der Waals surface area contributed by atoms with Gasteiger partial charge in [-0.1, -0.05) is 13.8 Å². The molecule has 1 heterocycles. The summed E-state index contributed by atoms with van der Waals surface area (Å²) in [5, 5.41) is 10.1. The molecule has 6 heteroatoms. The normalized spacial score (nSPS) is 16.5. The number of carbonyl (C=O) groups excluding carboxylic acids is 1. The molecule has 0 radical (unpaired) electrons. The van der Waals surface area contributed by atoms with Crippen LogP contribution in [0.15, 0.2) is 0 Å². The van der Waals surface area contributed by atoms with Crippen molar-refractivity contribution in [2.45, 2.75) is 45.1 Å². The van der Waals surface area contributed by atoms with E-state index in [0.29, 0.717) is 23.2 Å². The summed E-state index contributed by atoms with van der Waals surface area (Å²) < 4.78 is 0. The molecule has 0 bridgehead atoms. The summed E-state index contributed by atoms with van der Waals surface area (Å²) in [6, 6.07) is 0.105. The van der Waals surface area contributed by atoms with Gasteiger partial charge in [0.05, 0.1) is 11.4 Å². The lowest BCUT2D eigenvalue weighted by Crippen LogP contribution is -2.42. The first-order valence-electron chi connectivity index (χ1n) is 7.67. The number of aromatic amines is 1. The zero-order valence-electron chi connectivity index (χ0n) is 13.4. The van der Waals surface area contributed by atoms with E-state index in [0.717, 1.165) is 31.5 Å². The minimum absolute atomic E-state index is 0.105. The monoisotopic (exact) mass is 293 g/mol. The van der Waals surface area contributed by atoms with E-state index in [9.17, 15) is 4.79 Å².